The van der Waals surface area contributed by atoms with Crippen molar-refractivity contribution in [3.63, 3.8) is 0 Å². The van der Waals surface area contributed by atoms with Crippen LogP contribution in [0.4, 0.5) is 0 Å². The molecule has 3 rings (SSSR count). The SMILES string of the molecule is Cc1c(S(=O)(=O)c2ccc(Cl)cc2)c2c[n+]([O-])ccc2n1CC(=O)O. The van der Waals surface area contributed by atoms with Crippen LogP contribution in [0.15, 0.2) is 52.5 Å². The van der Waals surface area contributed by atoms with Crippen molar-refractivity contribution < 1.29 is 23.0 Å². The molecule has 130 valence electrons. The number of aromatic nitrogens is 2. The smallest absolute Gasteiger partial charge is 0.323 e. The fraction of sp³-hybridized carbons (Fsp3) is 0.125. The van der Waals surface area contributed by atoms with Crippen molar-refractivity contribution in [2.75, 3.05) is 0 Å². The van der Waals surface area contributed by atoms with E-state index < -0.39 is 22.4 Å². The predicted octanol–water partition coefficient (Wildman–Crippen LogP) is 2.15. The Morgan fingerprint density at radius 2 is 1.92 bits per heavy atom. The lowest BCUT2D eigenvalue weighted by Crippen LogP contribution is -2.24. The molecule has 0 aliphatic carbocycles. The average Bonchev–Trinajstić information content (AvgIpc) is 2.79. The molecule has 0 saturated carbocycles. The first-order chi connectivity index (χ1) is 11.7. The summed E-state index contributed by atoms with van der Waals surface area (Å²) in [7, 11) is -3.97. The highest BCUT2D eigenvalue weighted by Gasteiger charge is 2.29. The van der Waals surface area contributed by atoms with E-state index in [-0.39, 0.29) is 20.9 Å². The molecule has 25 heavy (non-hydrogen) atoms. The lowest BCUT2D eigenvalue weighted by molar-refractivity contribution is -0.603. The molecule has 3 aromatic rings. The van der Waals surface area contributed by atoms with Crippen LogP contribution < -0.4 is 4.73 Å². The summed E-state index contributed by atoms with van der Waals surface area (Å²) in [6.45, 7) is 1.10. The Hall–Kier alpha value is -2.58. The van der Waals surface area contributed by atoms with Gasteiger partial charge in [-0.1, -0.05) is 11.6 Å². The summed E-state index contributed by atoms with van der Waals surface area (Å²) < 4.78 is 28.0. The van der Waals surface area contributed by atoms with Crippen LogP contribution in [0.25, 0.3) is 10.9 Å². The third kappa shape index (κ3) is 2.94. The average molecular weight is 381 g/mol. The number of rotatable bonds is 4. The first kappa shape index (κ1) is 17.2. The molecule has 0 spiro atoms. The number of pyridine rings is 1. The summed E-state index contributed by atoms with van der Waals surface area (Å²) in [6.07, 6.45) is 2.32. The van der Waals surface area contributed by atoms with Crippen LogP contribution >= 0.6 is 11.6 Å². The maximum atomic E-state index is 13.1. The molecular formula is C16H13ClN2O5S. The third-order valence-electron chi connectivity index (χ3n) is 3.87. The maximum Gasteiger partial charge on any atom is 0.323 e. The van der Waals surface area contributed by atoms with Gasteiger partial charge in [-0.15, -0.1) is 0 Å². The number of nitrogens with zero attached hydrogens (tertiary/aromatic N) is 2. The van der Waals surface area contributed by atoms with Gasteiger partial charge < -0.3 is 14.9 Å². The van der Waals surface area contributed by atoms with E-state index >= 15 is 0 Å². The van der Waals surface area contributed by atoms with Gasteiger partial charge in [0.05, 0.1) is 15.8 Å². The summed E-state index contributed by atoms with van der Waals surface area (Å²) in [5, 5.41) is 21.3. The molecular weight excluding hydrogens is 368 g/mol. The van der Waals surface area contributed by atoms with Crippen LogP contribution in [0.5, 0.6) is 0 Å². The van der Waals surface area contributed by atoms with E-state index in [1.165, 1.54) is 48.0 Å². The number of hydrogen-bond donors (Lipinski definition) is 1. The number of carboxylic acid groups (broad SMARTS) is 1. The van der Waals surface area contributed by atoms with E-state index in [4.69, 9.17) is 16.7 Å². The van der Waals surface area contributed by atoms with Crippen molar-refractivity contribution in [3.05, 3.63) is 58.6 Å². The van der Waals surface area contributed by atoms with Gasteiger partial charge in [0, 0.05) is 16.8 Å². The van der Waals surface area contributed by atoms with E-state index in [1.54, 1.807) is 0 Å². The van der Waals surface area contributed by atoms with Gasteiger partial charge in [-0.25, -0.2) is 8.42 Å². The molecule has 0 saturated heterocycles. The maximum absolute atomic E-state index is 13.1. The molecule has 7 nitrogen and oxygen atoms in total. The highest BCUT2D eigenvalue weighted by Crippen LogP contribution is 2.33. The van der Waals surface area contributed by atoms with Crippen molar-refractivity contribution >= 4 is 38.3 Å². The summed E-state index contributed by atoms with van der Waals surface area (Å²) in [4.78, 5) is 11.1. The van der Waals surface area contributed by atoms with Crippen LogP contribution in [0.3, 0.4) is 0 Å². The quantitative estimate of drug-likeness (QED) is 0.551. The molecule has 0 radical (unpaired) electrons. The molecule has 0 bridgehead atoms. The monoisotopic (exact) mass is 380 g/mol. The van der Waals surface area contributed by atoms with Gasteiger partial charge in [0.2, 0.25) is 9.84 Å². The summed E-state index contributed by atoms with van der Waals surface area (Å²) in [5.74, 6) is -1.12. The van der Waals surface area contributed by atoms with Crippen LogP contribution in [0.1, 0.15) is 5.69 Å². The van der Waals surface area contributed by atoms with Gasteiger partial charge in [-0.05, 0) is 31.2 Å². The molecule has 2 aromatic heterocycles. The van der Waals surface area contributed by atoms with Gasteiger partial charge in [0.15, 0.2) is 12.4 Å². The van der Waals surface area contributed by atoms with Crippen LogP contribution in [-0.4, -0.2) is 24.1 Å². The lowest BCUT2D eigenvalue weighted by Gasteiger charge is -2.07. The number of hydrogen-bond acceptors (Lipinski definition) is 4. The summed E-state index contributed by atoms with van der Waals surface area (Å²) in [5.41, 5.74) is 0.609. The van der Waals surface area contributed by atoms with E-state index in [2.05, 4.69) is 0 Å². The van der Waals surface area contributed by atoms with Gasteiger partial charge >= 0.3 is 5.97 Å². The Bertz CT molecular complexity index is 1090. The first-order valence-corrected chi connectivity index (χ1v) is 9.02. The normalized spacial score (nSPS) is 11.8. The van der Waals surface area contributed by atoms with Crippen molar-refractivity contribution in [1.29, 1.82) is 0 Å². The number of sulfone groups is 1. The largest absolute Gasteiger partial charge is 0.619 e. The predicted molar refractivity (Wildman–Crippen MR) is 90.2 cm³/mol. The molecule has 0 amide bonds. The first-order valence-electron chi connectivity index (χ1n) is 7.16. The topological polar surface area (TPSA) is 103 Å². The molecule has 0 aliphatic rings. The number of carbonyl (C=O) groups is 1. The molecule has 1 N–H and O–H groups in total. The zero-order chi connectivity index (χ0) is 18.4. The highest BCUT2D eigenvalue weighted by molar-refractivity contribution is 7.91. The van der Waals surface area contributed by atoms with Gasteiger partial charge in [0.1, 0.15) is 11.4 Å². The van der Waals surface area contributed by atoms with Crippen molar-refractivity contribution in [1.82, 2.24) is 4.57 Å². The van der Waals surface area contributed by atoms with Crippen molar-refractivity contribution in [2.45, 2.75) is 23.3 Å². The molecule has 1 aromatic carbocycles. The Balaban J connectivity index is 2.35. The standard InChI is InChI=1S/C16H13ClN2O5S/c1-10-16(25(23,24)12-4-2-11(17)3-5-12)13-8-18(22)7-6-14(13)19(10)9-15(20)21/h2-8H,9H2,1H3,(H,20,21). The number of carboxylic acids is 1. The minimum Gasteiger partial charge on any atom is -0.619 e. The Kier molecular flexibility index (Phi) is 4.18. The van der Waals surface area contributed by atoms with Gasteiger partial charge in [-0.3, -0.25) is 4.79 Å². The second kappa shape index (κ2) is 6.05. The van der Waals surface area contributed by atoms with Gasteiger partial charge in [0.25, 0.3) is 0 Å². The third-order valence-corrected chi connectivity index (χ3v) is 6.06. The molecule has 2 heterocycles. The molecule has 0 atom stereocenters. The van der Waals surface area contributed by atoms with Gasteiger partial charge in [-0.2, -0.15) is 4.73 Å². The number of aliphatic carboxylic acids is 1. The fourth-order valence-electron chi connectivity index (χ4n) is 2.79. The number of benzene rings is 1. The van der Waals surface area contributed by atoms with E-state index in [9.17, 15) is 18.4 Å². The van der Waals surface area contributed by atoms with Crippen LogP contribution in [-0.2, 0) is 21.2 Å². The molecule has 0 unspecified atom stereocenters. The van der Waals surface area contributed by atoms with E-state index in [0.29, 0.717) is 15.3 Å². The molecule has 0 fully saturated rings. The van der Waals surface area contributed by atoms with Crippen LogP contribution in [0.2, 0.25) is 5.02 Å². The zero-order valence-electron chi connectivity index (χ0n) is 13.0. The Morgan fingerprint density at radius 1 is 1.28 bits per heavy atom. The Morgan fingerprint density at radius 3 is 2.52 bits per heavy atom. The van der Waals surface area contributed by atoms with E-state index in [1.807, 2.05) is 0 Å². The Labute approximate surface area is 148 Å². The second-order valence-electron chi connectivity index (χ2n) is 5.46. The van der Waals surface area contributed by atoms with Crippen LogP contribution in [0, 0.1) is 12.1 Å². The molecule has 9 heteroatoms. The lowest BCUT2D eigenvalue weighted by atomic mass is 10.3. The number of fused-ring (bicyclic) bond motifs is 1. The zero-order valence-corrected chi connectivity index (χ0v) is 14.6. The van der Waals surface area contributed by atoms with Crippen molar-refractivity contribution in [3.8, 4) is 0 Å². The minimum absolute atomic E-state index is 0.00989. The fourth-order valence-corrected chi connectivity index (χ4v) is 4.59. The van der Waals surface area contributed by atoms with Crippen molar-refractivity contribution in [2.24, 2.45) is 0 Å². The second-order valence-corrected chi connectivity index (χ2v) is 7.78. The highest BCUT2D eigenvalue weighted by atomic mass is 35.5. The summed E-state index contributed by atoms with van der Waals surface area (Å²) in [6, 6.07) is 7.04. The molecule has 0 aliphatic heterocycles. The minimum atomic E-state index is -3.97. The summed E-state index contributed by atoms with van der Waals surface area (Å²) >= 11 is 5.81. The van der Waals surface area contributed by atoms with E-state index in [0.717, 1.165) is 6.20 Å². The number of halogens is 1.